The Balaban J connectivity index is 1.76. The summed E-state index contributed by atoms with van der Waals surface area (Å²) in [5, 5.41) is 4.11. The average molecular weight is 355 g/mol. The monoisotopic (exact) mass is 355 g/mol. The lowest BCUT2D eigenvalue weighted by Gasteiger charge is -2.12. The zero-order chi connectivity index (χ0) is 17.4. The fourth-order valence-corrected chi connectivity index (χ4v) is 4.68. The number of hydrogen-bond donors (Lipinski definition) is 1. The van der Waals surface area contributed by atoms with Gasteiger partial charge in [0.05, 0.1) is 12.0 Å². The third kappa shape index (κ3) is 2.96. The fraction of sp³-hybridized carbons (Fsp3) is 0.368. The minimum Gasteiger partial charge on any atom is -0.380 e. The van der Waals surface area contributed by atoms with Gasteiger partial charge in [-0.1, -0.05) is 12.1 Å². The number of fused-ring (bicyclic) bond motifs is 3. The van der Waals surface area contributed by atoms with Crippen molar-refractivity contribution in [2.45, 2.75) is 32.3 Å². The molecule has 0 bridgehead atoms. The number of anilines is 2. The minimum atomic E-state index is 0.0416. The van der Waals surface area contributed by atoms with Gasteiger partial charge >= 0.3 is 0 Å². The number of methoxy groups -OCH3 is 1. The van der Waals surface area contributed by atoms with E-state index in [9.17, 15) is 4.79 Å². The van der Waals surface area contributed by atoms with E-state index < -0.39 is 0 Å². The van der Waals surface area contributed by atoms with Crippen LogP contribution in [0.25, 0.3) is 10.2 Å². The van der Waals surface area contributed by atoms with Crippen molar-refractivity contribution >= 4 is 33.2 Å². The molecule has 2 aromatic heterocycles. The van der Waals surface area contributed by atoms with E-state index in [-0.39, 0.29) is 5.56 Å². The van der Waals surface area contributed by atoms with Crippen molar-refractivity contribution in [3.8, 4) is 0 Å². The van der Waals surface area contributed by atoms with Crippen molar-refractivity contribution in [3.05, 3.63) is 50.6 Å². The number of benzene rings is 1. The zero-order valence-electron chi connectivity index (χ0n) is 14.5. The quantitative estimate of drug-likeness (QED) is 0.774. The van der Waals surface area contributed by atoms with Gasteiger partial charge in [0.15, 0.2) is 0 Å². The summed E-state index contributed by atoms with van der Waals surface area (Å²) >= 11 is 1.67. The maximum Gasteiger partial charge on any atom is 0.263 e. The molecule has 0 aliphatic heterocycles. The maximum atomic E-state index is 12.9. The van der Waals surface area contributed by atoms with E-state index in [1.54, 1.807) is 30.1 Å². The molecule has 0 radical (unpaired) electrons. The Morgan fingerprint density at radius 2 is 2.16 bits per heavy atom. The summed E-state index contributed by atoms with van der Waals surface area (Å²) in [6, 6.07) is 7.96. The van der Waals surface area contributed by atoms with Crippen LogP contribution in [0.15, 0.2) is 29.1 Å². The molecule has 0 fully saturated rings. The molecule has 6 heteroatoms. The van der Waals surface area contributed by atoms with Crippen LogP contribution in [0, 0.1) is 0 Å². The standard InChI is InChI=1S/C19H21N3O2S/c1-22-18(23)16-14-8-3-4-9-15(14)25-17(16)21-19(22)20-13-7-5-6-12(10-13)11-24-2/h5-7,10H,3-4,8-9,11H2,1-2H3,(H,20,21). The van der Waals surface area contributed by atoms with Gasteiger partial charge in [0.25, 0.3) is 5.56 Å². The van der Waals surface area contributed by atoms with E-state index in [4.69, 9.17) is 9.72 Å². The van der Waals surface area contributed by atoms with Crippen LogP contribution in [0.1, 0.15) is 28.8 Å². The second-order valence-electron chi connectivity index (χ2n) is 6.45. The summed E-state index contributed by atoms with van der Waals surface area (Å²) in [6.45, 7) is 0.554. The molecule has 5 nitrogen and oxygen atoms in total. The van der Waals surface area contributed by atoms with Gasteiger partial charge in [0.2, 0.25) is 5.95 Å². The largest absolute Gasteiger partial charge is 0.380 e. The van der Waals surface area contributed by atoms with Gasteiger partial charge in [-0.25, -0.2) is 4.98 Å². The van der Waals surface area contributed by atoms with E-state index in [1.807, 2.05) is 24.3 Å². The van der Waals surface area contributed by atoms with E-state index >= 15 is 0 Å². The van der Waals surface area contributed by atoms with Crippen LogP contribution >= 0.6 is 11.3 Å². The molecule has 25 heavy (non-hydrogen) atoms. The number of hydrogen-bond acceptors (Lipinski definition) is 5. The number of aromatic nitrogens is 2. The van der Waals surface area contributed by atoms with Crippen molar-refractivity contribution in [3.63, 3.8) is 0 Å². The van der Waals surface area contributed by atoms with Crippen molar-refractivity contribution in [1.29, 1.82) is 0 Å². The molecule has 0 spiro atoms. The second-order valence-corrected chi connectivity index (χ2v) is 7.53. The minimum absolute atomic E-state index is 0.0416. The fourth-order valence-electron chi connectivity index (χ4n) is 3.43. The summed E-state index contributed by atoms with van der Waals surface area (Å²) < 4.78 is 6.80. The Kier molecular flexibility index (Phi) is 4.31. The number of rotatable bonds is 4. The Morgan fingerprint density at radius 1 is 1.32 bits per heavy atom. The summed E-state index contributed by atoms with van der Waals surface area (Å²) in [7, 11) is 3.46. The Hall–Kier alpha value is -2.18. The van der Waals surface area contributed by atoms with Gasteiger partial charge in [0, 0.05) is 24.7 Å². The molecular formula is C19H21N3O2S. The predicted octanol–water partition coefficient (Wildman–Crippen LogP) is 3.76. The Bertz CT molecular complexity index is 990. The highest BCUT2D eigenvalue weighted by Gasteiger charge is 2.21. The molecule has 130 valence electrons. The maximum absolute atomic E-state index is 12.9. The highest BCUT2D eigenvalue weighted by molar-refractivity contribution is 7.18. The van der Waals surface area contributed by atoms with E-state index in [1.165, 1.54) is 16.9 Å². The first-order valence-corrected chi connectivity index (χ1v) is 9.35. The molecule has 1 aromatic carbocycles. The van der Waals surface area contributed by atoms with Crippen molar-refractivity contribution in [2.75, 3.05) is 12.4 Å². The van der Waals surface area contributed by atoms with Gasteiger partial charge in [0.1, 0.15) is 4.83 Å². The molecule has 1 N–H and O–H groups in total. The Morgan fingerprint density at radius 3 is 3.00 bits per heavy atom. The number of nitrogens with zero attached hydrogens (tertiary/aromatic N) is 2. The van der Waals surface area contributed by atoms with Gasteiger partial charge < -0.3 is 10.1 Å². The van der Waals surface area contributed by atoms with Crippen LogP contribution in [0.2, 0.25) is 0 Å². The number of nitrogens with one attached hydrogen (secondary N) is 1. The van der Waals surface area contributed by atoms with Gasteiger partial charge in [-0.2, -0.15) is 0 Å². The normalized spacial score (nSPS) is 13.8. The summed E-state index contributed by atoms with van der Waals surface area (Å²) in [5.41, 5.74) is 3.25. The molecule has 1 aliphatic rings. The molecule has 0 saturated carbocycles. The highest BCUT2D eigenvalue weighted by atomic mass is 32.1. The van der Waals surface area contributed by atoms with Crippen LogP contribution in [0.3, 0.4) is 0 Å². The number of ether oxygens (including phenoxy) is 1. The molecule has 2 heterocycles. The molecule has 1 aliphatic carbocycles. The highest BCUT2D eigenvalue weighted by Crippen LogP contribution is 2.34. The molecule has 4 rings (SSSR count). The van der Waals surface area contributed by atoms with Crippen LogP contribution in [0.4, 0.5) is 11.6 Å². The van der Waals surface area contributed by atoms with Crippen LogP contribution < -0.4 is 10.9 Å². The lowest BCUT2D eigenvalue weighted by atomic mass is 9.97. The van der Waals surface area contributed by atoms with E-state index in [2.05, 4.69) is 5.32 Å². The van der Waals surface area contributed by atoms with Crippen molar-refractivity contribution < 1.29 is 4.74 Å². The third-order valence-corrected chi connectivity index (χ3v) is 5.88. The first-order valence-electron chi connectivity index (χ1n) is 8.53. The molecule has 0 unspecified atom stereocenters. The zero-order valence-corrected chi connectivity index (χ0v) is 15.3. The predicted molar refractivity (Wildman–Crippen MR) is 102 cm³/mol. The van der Waals surface area contributed by atoms with E-state index in [0.717, 1.165) is 40.7 Å². The van der Waals surface area contributed by atoms with Crippen LogP contribution in [0.5, 0.6) is 0 Å². The lowest BCUT2D eigenvalue weighted by molar-refractivity contribution is 0.185. The molecule has 0 atom stereocenters. The smallest absolute Gasteiger partial charge is 0.263 e. The Labute approximate surface area is 150 Å². The molecular weight excluding hydrogens is 334 g/mol. The molecule has 0 saturated heterocycles. The average Bonchev–Trinajstić information content (AvgIpc) is 2.98. The van der Waals surface area contributed by atoms with Gasteiger partial charge in [-0.3, -0.25) is 9.36 Å². The molecule has 0 amide bonds. The number of thiophene rings is 1. The van der Waals surface area contributed by atoms with Crippen LogP contribution in [-0.2, 0) is 31.2 Å². The summed E-state index contributed by atoms with van der Waals surface area (Å²) in [6.07, 6.45) is 4.44. The summed E-state index contributed by atoms with van der Waals surface area (Å²) in [5.74, 6) is 0.575. The second kappa shape index (κ2) is 6.61. The first-order chi connectivity index (χ1) is 12.2. The first kappa shape index (κ1) is 16.3. The van der Waals surface area contributed by atoms with Crippen molar-refractivity contribution in [1.82, 2.24) is 9.55 Å². The summed E-state index contributed by atoms with van der Waals surface area (Å²) in [4.78, 5) is 19.9. The van der Waals surface area contributed by atoms with Gasteiger partial charge in [-0.15, -0.1) is 11.3 Å². The van der Waals surface area contributed by atoms with Crippen LogP contribution in [-0.4, -0.2) is 16.7 Å². The molecule has 3 aromatic rings. The van der Waals surface area contributed by atoms with Crippen molar-refractivity contribution in [2.24, 2.45) is 7.05 Å². The topological polar surface area (TPSA) is 56.1 Å². The number of aryl methyl sites for hydroxylation is 2. The van der Waals surface area contributed by atoms with Gasteiger partial charge in [-0.05, 0) is 48.9 Å². The third-order valence-electron chi connectivity index (χ3n) is 4.69. The van der Waals surface area contributed by atoms with E-state index in [0.29, 0.717) is 12.6 Å². The SMILES string of the molecule is COCc1cccc(Nc2nc3sc4c(c3c(=O)n2C)CCCC4)c1. The lowest BCUT2D eigenvalue weighted by Crippen LogP contribution is -2.21.